The van der Waals surface area contributed by atoms with Gasteiger partial charge in [-0.1, -0.05) is 30.3 Å². The Morgan fingerprint density at radius 2 is 1.35 bits per heavy atom. The molecule has 6 rings (SSSR count). The molecule has 3 aromatic heterocycles. The van der Waals surface area contributed by atoms with E-state index >= 15 is 0 Å². The quantitative estimate of drug-likeness (QED) is 0.195. The molecule has 0 spiro atoms. The van der Waals surface area contributed by atoms with E-state index < -0.39 is 5.63 Å². The first-order valence-electron chi connectivity index (χ1n) is 13.3. The molecule has 0 N–H and O–H groups in total. The first-order chi connectivity index (χ1) is 19.3. The fourth-order valence-corrected chi connectivity index (χ4v) is 5.41. The first-order valence-corrected chi connectivity index (χ1v) is 13.3. The van der Waals surface area contributed by atoms with E-state index in [1.807, 2.05) is 80.8 Å². The molecule has 0 atom stereocenters. The molecule has 0 bridgehead atoms. The molecule has 40 heavy (non-hydrogen) atoms. The molecule has 6 aromatic rings. The van der Waals surface area contributed by atoms with Crippen molar-refractivity contribution >= 4 is 38.2 Å². The SMILES string of the molecule is COc1cc2c(ccn3c2c(-c2ccccc2)c2c4cc(OC)c(OC(C)C)cc4oc(=O)c23)cc1OC(C)C. The monoisotopic (exact) mass is 537 g/mol. The van der Waals surface area contributed by atoms with E-state index in [1.165, 1.54) is 0 Å². The smallest absolute Gasteiger partial charge is 0.361 e. The van der Waals surface area contributed by atoms with Crippen LogP contribution in [0, 0.1) is 0 Å². The number of hydrogen-bond acceptors (Lipinski definition) is 6. The third-order valence-corrected chi connectivity index (χ3v) is 6.92. The summed E-state index contributed by atoms with van der Waals surface area (Å²) >= 11 is 0. The lowest BCUT2D eigenvalue weighted by Crippen LogP contribution is -2.07. The van der Waals surface area contributed by atoms with Crippen molar-refractivity contribution in [3.8, 4) is 34.1 Å². The van der Waals surface area contributed by atoms with Crippen molar-refractivity contribution in [2.45, 2.75) is 39.9 Å². The van der Waals surface area contributed by atoms with Crippen LogP contribution in [0.25, 0.3) is 49.3 Å². The van der Waals surface area contributed by atoms with Crippen LogP contribution in [0.5, 0.6) is 23.0 Å². The lowest BCUT2D eigenvalue weighted by molar-refractivity contribution is 0.230. The van der Waals surface area contributed by atoms with Crippen LogP contribution >= 0.6 is 0 Å². The lowest BCUT2D eigenvalue weighted by atomic mass is 9.98. The summed E-state index contributed by atoms with van der Waals surface area (Å²) in [5.74, 6) is 2.37. The predicted molar refractivity (Wildman–Crippen MR) is 159 cm³/mol. The highest BCUT2D eigenvalue weighted by Gasteiger charge is 2.24. The lowest BCUT2D eigenvalue weighted by Gasteiger charge is -2.15. The molecule has 0 aliphatic rings. The highest BCUT2D eigenvalue weighted by Crippen LogP contribution is 2.45. The molecule has 3 aromatic carbocycles. The van der Waals surface area contributed by atoms with E-state index in [0.717, 1.165) is 38.2 Å². The van der Waals surface area contributed by atoms with Crippen LogP contribution in [-0.4, -0.2) is 30.8 Å². The average Bonchev–Trinajstić information content (AvgIpc) is 3.29. The normalized spacial score (nSPS) is 11.8. The summed E-state index contributed by atoms with van der Waals surface area (Å²) in [5.41, 5.74) is 3.19. The second-order valence-corrected chi connectivity index (χ2v) is 10.3. The van der Waals surface area contributed by atoms with E-state index in [-0.39, 0.29) is 12.2 Å². The van der Waals surface area contributed by atoms with Gasteiger partial charge in [-0.25, -0.2) is 4.79 Å². The minimum atomic E-state index is -0.438. The fraction of sp³-hybridized carbons (Fsp3) is 0.242. The summed E-state index contributed by atoms with van der Waals surface area (Å²) < 4.78 is 31.3. The van der Waals surface area contributed by atoms with Gasteiger partial charge in [0.2, 0.25) is 0 Å². The molecule has 0 unspecified atom stereocenters. The van der Waals surface area contributed by atoms with Gasteiger partial charge in [-0.2, -0.15) is 0 Å². The summed E-state index contributed by atoms with van der Waals surface area (Å²) in [6.45, 7) is 7.84. The number of hydrogen-bond donors (Lipinski definition) is 0. The topological polar surface area (TPSA) is 71.5 Å². The van der Waals surface area contributed by atoms with Gasteiger partial charge in [-0.05, 0) is 62.9 Å². The molecule has 0 saturated carbocycles. The van der Waals surface area contributed by atoms with Crippen molar-refractivity contribution in [2.75, 3.05) is 14.2 Å². The van der Waals surface area contributed by atoms with Gasteiger partial charge in [0, 0.05) is 34.0 Å². The molecule has 0 aliphatic heterocycles. The molecule has 7 heteroatoms. The van der Waals surface area contributed by atoms with Gasteiger partial charge in [0.1, 0.15) is 11.1 Å². The number of benzene rings is 3. The molecule has 0 aliphatic carbocycles. The minimum Gasteiger partial charge on any atom is -0.493 e. The molecule has 0 saturated heterocycles. The Labute approximate surface area is 231 Å². The maximum absolute atomic E-state index is 13.7. The molecule has 0 fully saturated rings. The van der Waals surface area contributed by atoms with Crippen LogP contribution in [0.2, 0.25) is 0 Å². The molecular formula is C33H31NO6. The van der Waals surface area contributed by atoms with Gasteiger partial charge >= 0.3 is 5.63 Å². The minimum absolute atomic E-state index is 0.0126. The van der Waals surface area contributed by atoms with Gasteiger partial charge in [0.05, 0.1) is 31.9 Å². The zero-order chi connectivity index (χ0) is 28.1. The van der Waals surface area contributed by atoms with E-state index in [2.05, 4.69) is 12.1 Å². The van der Waals surface area contributed by atoms with Crippen molar-refractivity contribution in [1.82, 2.24) is 4.40 Å². The van der Waals surface area contributed by atoms with E-state index in [1.54, 1.807) is 20.3 Å². The molecule has 0 radical (unpaired) electrons. The Kier molecular flexibility index (Phi) is 6.29. The van der Waals surface area contributed by atoms with Gasteiger partial charge < -0.3 is 27.8 Å². The summed E-state index contributed by atoms with van der Waals surface area (Å²) in [7, 11) is 3.24. The molecule has 7 nitrogen and oxygen atoms in total. The molecule has 0 amide bonds. The fourth-order valence-electron chi connectivity index (χ4n) is 5.41. The average molecular weight is 538 g/mol. The van der Waals surface area contributed by atoms with E-state index in [9.17, 15) is 4.79 Å². The maximum Gasteiger partial charge on any atom is 0.361 e. The van der Waals surface area contributed by atoms with E-state index in [0.29, 0.717) is 34.1 Å². The van der Waals surface area contributed by atoms with Crippen molar-refractivity contribution in [1.29, 1.82) is 0 Å². The summed E-state index contributed by atoms with van der Waals surface area (Å²) in [6.07, 6.45) is 1.82. The summed E-state index contributed by atoms with van der Waals surface area (Å²) in [5, 5.41) is 3.42. The van der Waals surface area contributed by atoms with Crippen LogP contribution in [0.15, 0.2) is 76.1 Å². The van der Waals surface area contributed by atoms with Crippen molar-refractivity contribution in [2.24, 2.45) is 0 Å². The van der Waals surface area contributed by atoms with E-state index in [4.69, 9.17) is 23.4 Å². The van der Waals surface area contributed by atoms with Gasteiger partial charge in [0.25, 0.3) is 0 Å². The van der Waals surface area contributed by atoms with Crippen LogP contribution in [-0.2, 0) is 0 Å². The predicted octanol–water partition coefficient (Wildman–Crippen LogP) is 7.61. The van der Waals surface area contributed by atoms with Crippen LogP contribution < -0.4 is 24.6 Å². The van der Waals surface area contributed by atoms with Crippen LogP contribution in [0.1, 0.15) is 27.7 Å². The molecule has 204 valence electrons. The Bertz CT molecular complexity index is 1950. The van der Waals surface area contributed by atoms with Gasteiger partial charge in [-0.3, -0.25) is 0 Å². The first kappa shape index (κ1) is 25.6. The molecular weight excluding hydrogens is 506 g/mol. The maximum atomic E-state index is 13.7. The van der Waals surface area contributed by atoms with Crippen molar-refractivity contribution in [3.05, 3.63) is 77.3 Å². The Morgan fingerprint density at radius 1 is 0.725 bits per heavy atom. The largest absolute Gasteiger partial charge is 0.493 e. The molecule has 3 heterocycles. The number of ether oxygens (including phenoxy) is 4. The number of pyridine rings is 1. The van der Waals surface area contributed by atoms with Gasteiger partial charge in [-0.15, -0.1) is 0 Å². The van der Waals surface area contributed by atoms with Crippen molar-refractivity contribution in [3.63, 3.8) is 0 Å². The third-order valence-electron chi connectivity index (χ3n) is 6.92. The number of methoxy groups -OCH3 is 2. The van der Waals surface area contributed by atoms with Crippen molar-refractivity contribution < 1.29 is 23.4 Å². The summed E-state index contributed by atoms with van der Waals surface area (Å²) in [4.78, 5) is 13.7. The second-order valence-electron chi connectivity index (χ2n) is 10.3. The number of rotatable bonds is 7. The highest BCUT2D eigenvalue weighted by atomic mass is 16.5. The second kappa shape index (κ2) is 9.83. The standard InChI is InChI=1S/C33H31NO6/c1-18(2)38-27-14-21-12-13-34-31(22(21)15-25(27)36-5)29(20-10-8-7-9-11-20)30-23-16-26(37-6)28(39-19(3)4)17-24(23)40-33(35)32(30)34/h7-19H,1-6H3. The van der Waals surface area contributed by atoms with Crippen LogP contribution in [0.3, 0.4) is 0 Å². The highest BCUT2D eigenvalue weighted by molar-refractivity contribution is 6.21. The summed E-state index contributed by atoms with van der Waals surface area (Å²) in [6, 6.07) is 19.6. The zero-order valence-corrected chi connectivity index (χ0v) is 23.4. The Morgan fingerprint density at radius 3 is 1.98 bits per heavy atom. The van der Waals surface area contributed by atoms with Gasteiger partial charge in [0.15, 0.2) is 23.0 Å². The number of nitrogens with zero attached hydrogens (tertiary/aromatic N) is 1. The van der Waals surface area contributed by atoms with Crippen LogP contribution in [0.4, 0.5) is 0 Å². The Balaban J connectivity index is 1.82. The number of aromatic nitrogens is 1. The number of fused-ring (bicyclic) bond motifs is 7. The Hall–Kier alpha value is -4.65. The third kappa shape index (κ3) is 4.09. The zero-order valence-electron chi connectivity index (χ0n) is 23.4.